The van der Waals surface area contributed by atoms with Gasteiger partial charge in [0.25, 0.3) is 0 Å². The number of anilines is 1. The number of hydrogen-bond acceptors (Lipinski definition) is 2. The van der Waals surface area contributed by atoms with Gasteiger partial charge in [-0.2, -0.15) is 5.10 Å². The molecule has 0 aliphatic rings. The van der Waals surface area contributed by atoms with Crippen LogP contribution in [0, 0.1) is 12.7 Å². The minimum absolute atomic E-state index is 0.305. The second kappa shape index (κ2) is 4.07. The van der Waals surface area contributed by atoms with E-state index >= 15 is 0 Å². The third kappa shape index (κ3) is 1.92. The molecule has 2 rings (SSSR count). The molecule has 3 nitrogen and oxygen atoms in total. The van der Waals surface area contributed by atoms with Gasteiger partial charge in [-0.3, -0.25) is 0 Å². The molecular weight excluding hydrogens is 296 g/mol. The minimum atomic E-state index is -0.406. The maximum atomic E-state index is 13.2. The van der Waals surface area contributed by atoms with Crippen LogP contribution in [0.1, 0.15) is 5.69 Å². The average molecular weight is 305 g/mol. The highest BCUT2D eigenvalue weighted by Gasteiger charge is 2.10. The molecule has 0 spiro atoms. The van der Waals surface area contributed by atoms with Crippen LogP contribution in [0.4, 0.5) is 10.1 Å². The summed E-state index contributed by atoms with van der Waals surface area (Å²) in [5.74, 6) is -0.406. The molecule has 16 heavy (non-hydrogen) atoms. The number of nitrogens with two attached hydrogens (primary N) is 1. The molecule has 84 valence electrons. The monoisotopic (exact) mass is 303 g/mol. The molecule has 2 N–H and O–H groups in total. The highest BCUT2D eigenvalue weighted by atomic mass is 79.9. The SMILES string of the molecule is Cc1nn(-c2cc(Br)c(F)cc2N)cc1Cl. The third-order valence-electron chi connectivity index (χ3n) is 2.16. The molecule has 0 bridgehead atoms. The molecule has 1 aromatic heterocycles. The Morgan fingerprint density at radius 1 is 1.50 bits per heavy atom. The first-order chi connectivity index (χ1) is 7.49. The molecule has 0 amide bonds. The number of hydrogen-bond donors (Lipinski definition) is 1. The van der Waals surface area contributed by atoms with Crippen molar-refractivity contribution in [2.75, 3.05) is 5.73 Å². The van der Waals surface area contributed by atoms with E-state index < -0.39 is 5.82 Å². The highest BCUT2D eigenvalue weighted by Crippen LogP contribution is 2.26. The van der Waals surface area contributed by atoms with E-state index in [1.165, 1.54) is 10.7 Å². The Morgan fingerprint density at radius 2 is 2.19 bits per heavy atom. The van der Waals surface area contributed by atoms with Crippen molar-refractivity contribution in [2.45, 2.75) is 6.92 Å². The predicted octanol–water partition coefficient (Wildman–Crippen LogP) is 3.32. The predicted molar refractivity (Wildman–Crippen MR) is 65.4 cm³/mol. The van der Waals surface area contributed by atoms with E-state index in [0.717, 1.165) is 0 Å². The van der Waals surface area contributed by atoms with Gasteiger partial charge in [0, 0.05) is 12.3 Å². The summed E-state index contributed by atoms with van der Waals surface area (Å²) in [6.45, 7) is 1.79. The third-order valence-corrected chi connectivity index (χ3v) is 3.13. The van der Waals surface area contributed by atoms with Crippen molar-refractivity contribution in [1.82, 2.24) is 9.78 Å². The van der Waals surface area contributed by atoms with Gasteiger partial charge < -0.3 is 5.73 Å². The van der Waals surface area contributed by atoms with Crippen molar-refractivity contribution >= 4 is 33.2 Å². The van der Waals surface area contributed by atoms with Gasteiger partial charge in [0.2, 0.25) is 0 Å². The second-order valence-corrected chi connectivity index (χ2v) is 4.59. The first-order valence-electron chi connectivity index (χ1n) is 4.45. The normalized spacial score (nSPS) is 10.8. The van der Waals surface area contributed by atoms with E-state index in [4.69, 9.17) is 17.3 Å². The van der Waals surface area contributed by atoms with Crippen LogP contribution in [-0.4, -0.2) is 9.78 Å². The summed E-state index contributed by atoms with van der Waals surface area (Å²) >= 11 is 8.99. The molecule has 0 saturated heterocycles. The molecule has 2 aromatic rings. The molecule has 0 saturated carbocycles. The van der Waals surface area contributed by atoms with E-state index in [1.807, 2.05) is 0 Å². The zero-order valence-corrected chi connectivity index (χ0v) is 10.7. The van der Waals surface area contributed by atoms with E-state index in [2.05, 4.69) is 21.0 Å². The fraction of sp³-hybridized carbons (Fsp3) is 0.100. The van der Waals surface area contributed by atoms with E-state index in [0.29, 0.717) is 26.6 Å². The summed E-state index contributed by atoms with van der Waals surface area (Å²) in [5.41, 5.74) is 7.30. The van der Waals surface area contributed by atoms with Crippen LogP contribution in [0.3, 0.4) is 0 Å². The lowest BCUT2D eigenvalue weighted by Crippen LogP contribution is -2.01. The van der Waals surface area contributed by atoms with E-state index in [-0.39, 0.29) is 0 Å². The van der Waals surface area contributed by atoms with Gasteiger partial charge in [-0.25, -0.2) is 9.07 Å². The average Bonchev–Trinajstić information content (AvgIpc) is 2.53. The fourth-order valence-electron chi connectivity index (χ4n) is 1.31. The Balaban J connectivity index is 2.60. The molecule has 0 unspecified atom stereocenters. The highest BCUT2D eigenvalue weighted by molar-refractivity contribution is 9.10. The number of halogens is 3. The summed E-state index contributed by atoms with van der Waals surface area (Å²) in [7, 11) is 0. The van der Waals surface area contributed by atoms with Crippen molar-refractivity contribution in [2.24, 2.45) is 0 Å². The van der Waals surface area contributed by atoms with Crippen molar-refractivity contribution in [3.05, 3.63) is 39.3 Å². The maximum Gasteiger partial charge on any atom is 0.139 e. The van der Waals surface area contributed by atoms with Gasteiger partial charge in [-0.1, -0.05) is 11.6 Å². The molecular formula is C10H8BrClFN3. The fourth-order valence-corrected chi connectivity index (χ4v) is 1.77. The number of aromatic nitrogens is 2. The molecule has 0 fully saturated rings. The second-order valence-electron chi connectivity index (χ2n) is 3.33. The number of benzene rings is 1. The van der Waals surface area contributed by atoms with Crippen LogP contribution in [-0.2, 0) is 0 Å². The van der Waals surface area contributed by atoms with Gasteiger partial charge in [0.15, 0.2) is 0 Å². The van der Waals surface area contributed by atoms with Crippen LogP contribution in [0.5, 0.6) is 0 Å². The summed E-state index contributed by atoms with van der Waals surface area (Å²) in [6.07, 6.45) is 1.63. The number of rotatable bonds is 1. The topological polar surface area (TPSA) is 43.8 Å². The van der Waals surface area contributed by atoms with Gasteiger partial charge in [0.1, 0.15) is 5.82 Å². The van der Waals surface area contributed by atoms with Crippen LogP contribution in [0.15, 0.2) is 22.8 Å². The maximum absolute atomic E-state index is 13.2. The van der Waals surface area contributed by atoms with Gasteiger partial charge >= 0.3 is 0 Å². The van der Waals surface area contributed by atoms with Crippen molar-refractivity contribution in [1.29, 1.82) is 0 Å². The summed E-state index contributed by atoms with van der Waals surface area (Å²) in [6, 6.07) is 2.80. The number of nitrogens with zero attached hydrogens (tertiary/aromatic N) is 2. The van der Waals surface area contributed by atoms with Gasteiger partial charge in [-0.15, -0.1) is 0 Å². The molecule has 6 heteroatoms. The molecule has 1 heterocycles. The van der Waals surface area contributed by atoms with Crippen LogP contribution in [0.2, 0.25) is 5.02 Å². The summed E-state index contributed by atoms with van der Waals surface area (Å²) < 4.78 is 15.0. The van der Waals surface area contributed by atoms with E-state index in [1.54, 1.807) is 19.2 Å². The number of aryl methyl sites for hydroxylation is 1. The standard InChI is InChI=1S/C10H8BrClFN3/c1-5-7(12)4-16(15-5)10-2-6(11)8(13)3-9(10)14/h2-4H,14H2,1H3. The van der Waals surface area contributed by atoms with Crippen molar-refractivity contribution < 1.29 is 4.39 Å². The van der Waals surface area contributed by atoms with Crippen molar-refractivity contribution in [3.8, 4) is 5.69 Å². The molecule has 0 aliphatic heterocycles. The van der Waals surface area contributed by atoms with Crippen LogP contribution >= 0.6 is 27.5 Å². The van der Waals surface area contributed by atoms with E-state index in [9.17, 15) is 4.39 Å². The Bertz CT molecular complexity index is 534. The lowest BCUT2D eigenvalue weighted by atomic mass is 10.2. The Morgan fingerprint density at radius 3 is 2.75 bits per heavy atom. The Hall–Kier alpha value is -1.07. The Kier molecular flexibility index (Phi) is 2.90. The molecule has 0 radical (unpaired) electrons. The molecule has 0 atom stereocenters. The smallest absolute Gasteiger partial charge is 0.139 e. The van der Waals surface area contributed by atoms with Crippen LogP contribution < -0.4 is 5.73 Å². The Labute approximate surface area is 105 Å². The minimum Gasteiger partial charge on any atom is -0.397 e. The first kappa shape index (κ1) is 11.4. The van der Waals surface area contributed by atoms with Crippen LogP contribution in [0.25, 0.3) is 5.69 Å². The van der Waals surface area contributed by atoms with Gasteiger partial charge in [-0.05, 0) is 28.9 Å². The summed E-state index contributed by atoms with van der Waals surface area (Å²) in [4.78, 5) is 0. The molecule has 0 aliphatic carbocycles. The zero-order chi connectivity index (χ0) is 11.9. The molecule has 1 aromatic carbocycles. The zero-order valence-electron chi connectivity index (χ0n) is 8.34. The quantitative estimate of drug-likeness (QED) is 0.821. The summed E-state index contributed by atoms with van der Waals surface area (Å²) in [5, 5.41) is 4.72. The van der Waals surface area contributed by atoms with Gasteiger partial charge in [0.05, 0.1) is 26.6 Å². The first-order valence-corrected chi connectivity index (χ1v) is 5.63. The lowest BCUT2D eigenvalue weighted by Gasteiger charge is -2.06. The largest absolute Gasteiger partial charge is 0.397 e. The number of nitrogen functional groups attached to an aromatic ring is 1. The van der Waals surface area contributed by atoms with Crippen molar-refractivity contribution in [3.63, 3.8) is 0 Å². The lowest BCUT2D eigenvalue weighted by molar-refractivity contribution is 0.621.